The van der Waals surface area contributed by atoms with Crippen LogP contribution in [0.25, 0.3) is 87.8 Å². The van der Waals surface area contributed by atoms with E-state index in [4.69, 9.17) is 8.83 Å². The van der Waals surface area contributed by atoms with Crippen LogP contribution in [-0.4, -0.2) is 0 Å². The van der Waals surface area contributed by atoms with E-state index in [2.05, 4.69) is 133 Å². The Labute approximate surface area is 242 Å². The maximum Gasteiger partial charge on any atom is 0.178 e. The second-order valence-electron chi connectivity index (χ2n) is 10.9. The molecular weight excluding hydrogens is 512 g/mol. The summed E-state index contributed by atoms with van der Waals surface area (Å²) in [7, 11) is 0. The first-order valence-corrected chi connectivity index (χ1v) is 14.3. The van der Waals surface area contributed by atoms with Gasteiger partial charge in [0, 0.05) is 16.2 Å². The van der Waals surface area contributed by atoms with E-state index in [1.54, 1.807) is 6.26 Å². The van der Waals surface area contributed by atoms with Crippen LogP contribution in [0, 0.1) is 0 Å². The van der Waals surface area contributed by atoms with Crippen molar-refractivity contribution in [3.05, 3.63) is 146 Å². The first-order valence-electron chi connectivity index (χ1n) is 14.3. The highest BCUT2D eigenvalue weighted by Crippen LogP contribution is 2.45. The third kappa shape index (κ3) is 3.39. The van der Waals surface area contributed by atoms with Crippen LogP contribution < -0.4 is 0 Å². The average molecular weight is 537 g/mol. The van der Waals surface area contributed by atoms with Crippen LogP contribution in [-0.2, 0) is 0 Å². The molecule has 0 unspecified atom stereocenters. The van der Waals surface area contributed by atoms with E-state index in [-0.39, 0.29) is 0 Å². The minimum absolute atomic E-state index is 0.795. The first kappa shape index (κ1) is 23.1. The van der Waals surface area contributed by atoms with Gasteiger partial charge in [0.1, 0.15) is 5.58 Å². The van der Waals surface area contributed by atoms with Gasteiger partial charge in [0.2, 0.25) is 0 Å². The molecule has 0 bridgehead atoms. The molecule has 196 valence electrons. The van der Waals surface area contributed by atoms with E-state index >= 15 is 0 Å². The van der Waals surface area contributed by atoms with Gasteiger partial charge in [-0.3, -0.25) is 0 Å². The summed E-state index contributed by atoms with van der Waals surface area (Å²) in [5.74, 6) is 0. The molecule has 9 rings (SSSR count). The number of hydrogen-bond acceptors (Lipinski definition) is 2. The van der Waals surface area contributed by atoms with Crippen LogP contribution in [0.15, 0.2) is 155 Å². The zero-order valence-electron chi connectivity index (χ0n) is 22.7. The molecule has 0 fully saturated rings. The van der Waals surface area contributed by atoms with Crippen molar-refractivity contribution < 1.29 is 8.83 Å². The van der Waals surface area contributed by atoms with Crippen molar-refractivity contribution >= 4 is 54.5 Å². The normalized spacial score (nSPS) is 11.8. The molecule has 0 aliphatic rings. The van der Waals surface area contributed by atoms with Gasteiger partial charge in [-0.05, 0) is 79.2 Å². The maximum atomic E-state index is 6.46. The largest absolute Gasteiger partial charge is 0.460 e. The fourth-order valence-electron chi connectivity index (χ4n) is 6.62. The number of fused-ring (bicyclic) bond motifs is 7. The van der Waals surface area contributed by atoms with Gasteiger partial charge in [-0.2, -0.15) is 0 Å². The minimum atomic E-state index is 0.795. The Morgan fingerprint density at radius 1 is 0.357 bits per heavy atom. The molecule has 0 spiro atoms. The first-order chi connectivity index (χ1) is 20.8. The van der Waals surface area contributed by atoms with E-state index in [9.17, 15) is 0 Å². The molecule has 0 amide bonds. The fraction of sp³-hybridized carbons (Fsp3) is 0. The second-order valence-corrected chi connectivity index (χ2v) is 10.9. The molecule has 2 heterocycles. The lowest BCUT2D eigenvalue weighted by atomic mass is 9.85. The molecule has 2 aromatic heterocycles. The summed E-state index contributed by atoms with van der Waals surface area (Å²) in [5, 5.41) is 8.13. The summed E-state index contributed by atoms with van der Waals surface area (Å²) < 4.78 is 12.2. The van der Waals surface area contributed by atoms with Crippen molar-refractivity contribution in [2.75, 3.05) is 0 Å². The third-order valence-corrected chi connectivity index (χ3v) is 8.56. The van der Waals surface area contributed by atoms with E-state index in [1.807, 2.05) is 6.07 Å². The standard InChI is InChI=1S/C40H24O2/c1-2-8-25(9-3-1)26-14-16-27(17-15-26)37-31-10-4-6-12-33(31)38(34-13-7-5-11-32(34)37)29-19-20-30-35-21-18-28-22-23-41-39(28)40(35)42-36(30)24-29/h1-24H. The Kier molecular flexibility index (Phi) is 4.93. The van der Waals surface area contributed by atoms with Crippen molar-refractivity contribution in [2.24, 2.45) is 0 Å². The number of hydrogen-bond donors (Lipinski definition) is 0. The van der Waals surface area contributed by atoms with Gasteiger partial charge in [-0.15, -0.1) is 0 Å². The van der Waals surface area contributed by atoms with Gasteiger partial charge >= 0.3 is 0 Å². The van der Waals surface area contributed by atoms with Crippen LogP contribution >= 0.6 is 0 Å². The van der Waals surface area contributed by atoms with Gasteiger partial charge in [-0.25, -0.2) is 0 Å². The second kappa shape index (κ2) is 8.95. The van der Waals surface area contributed by atoms with Gasteiger partial charge in [0.25, 0.3) is 0 Å². The van der Waals surface area contributed by atoms with Crippen LogP contribution in [0.5, 0.6) is 0 Å². The highest BCUT2D eigenvalue weighted by Gasteiger charge is 2.18. The Balaban J connectivity index is 1.29. The Morgan fingerprint density at radius 3 is 1.60 bits per heavy atom. The molecule has 0 aliphatic heterocycles. The van der Waals surface area contributed by atoms with Crippen LogP contribution in [0.4, 0.5) is 0 Å². The van der Waals surface area contributed by atoms with Crippen molar-refractivity contribution in [1.82, 2.24) is 0 Å². The number of rotatable bonds is 3. The van der Waals surface area contributed by atoms with Crippen LogP contribution in [0.2, 0.25) is 0 Å². The molecule has 0 saturated heterocycles. The monoisotopic (exact) mass is 536 g/mol. The Morgan fingerprint density at radius 2 is 0.905 bits per heavy atom. The molecule has 0 radical (unpaired) electrons. The SMILES string of the molecule is c1ccc(-c2ccc(-c3c4ccccc4c(-c4ccc5c(c4)oc4c5ccc5ccoc54)c4ccccc34)cc2)cc1. The number of benzene rings is 7. The van der Waals surface area contributed by atoms with Crippen LogP contribution in [0.3, 0.4) is 0 Å². The lowest BCUT2D eigenvalue weighted by molar-refractivity contribution is 0.600. The molecular formula is C40H24O2. The third-order valence-electron chi connectivity index (χ3n) is 8.56. The van der Waals surface area contributed by atoms with Crippen LogP contribution in [0.1, 0.15) is 0 Å². The Hall–Kier alpha value is -5.60. The summed E-state index contributed by atoms with van der Waals surface area (Å²) in [6.07, 6.45) is 1.72. The molecule has 2 heteroatoms. The van der Waals surface area contributed by atoms with E-state index in [1.165, 1.54) is 49.4 Å². The van der Waals surface area contributed by atoms with E-state index in [0.717, 1.165) is 38.5 Å². The topological polar surface area (TPSA) is 26.3 Å². The molecule has 0 saturated carbocycles. The summed E-state index contributed by atoms with van der Waals surface area (Å²) in [5.41, 5.74) is 9.72. The van der Waals surface area contributed by atoms with Gasteiger partial charge < -0.3 is 8.83 Å². The molecule has 0 N–H and O–H groups in total. The molecule has 42 heavy (non-hydrogen) atoms. The highest BCUT2D eigenvalue weighted by atomic mass is 16.4. The zero-order valence-corrected chi connectivity index (χ0v) is 22.7. The minimum Gasteiger partial charge on any atom is -0.460 e. The predicted octanol–water partition coefficient (Wildman–Crippen LogP) is 11.6. The van der Waals surface area contributed by atoms with Gasteiger partial charge in [0.15, 0.2) is 11.2 Å². The summed E-state index contributed by atoms with van der Waals surface area (Å²) in [6, 6.07) is 49.8. The lowest BCUT2D eigenvalue weighted by Gasteiger charge is -2.18. The Bertz CT molecular complexity index is 2380. The molecule has 9 aromatic rings. The van der Waals surface area contributed by atoms with Crippen molar-refractivity contribution in [2.45, 2.75) is 0 Å². The van der Waals surface area contributed by atoms with Crippen molar-refractivity contribution in [3.8, 4) is 33.4 Å². The summed E-state index contributed by atoms with van der Waals surface area (Å²) in [4.78, 5) is 0. The highest BCUT2D eigenvalue weighted by molar-refractivity contribution is 6.22. The molecule has 0 atom stereocenters. The zero-order chi connectivity index (χ0) is 27.6. The average Bonchev–Trinajstić information content (AvgIpc) is 3.68. The summed E-state index contributed by atoms with van der Waals surface area (Å²) >= 11 is 0. The number of furan rings is 2. The molecule has 0 aliphatic carbocycles. The molecule has 7 aromatic carbocycles. The van der Waals surface area contributed by atoms with E-state index in [0.29, 0.717) is 0 Å². The smallest absolute Gasteiger partial charge is 0.178 e. The van der Waals surface area contributed by atoms with Crippen molar-refractivity contribution in [1.29, 1.82) is 0 Å². The molecule has 2 nitrogen and oxygen atoms in total. The lowest BCUT2D eigenvalue weighted by Crippen LogP contribution is -1.91. The summed E-state index contributed by atoms with van der Waals surface area (Å²) in [6.45, 7) is 0. The fourth-order valence-corrected chi connectivity index (χ4v) is 6.62. The van der Waals surface area contributed by atoms with Crippen molar-refractivity contribution in [3.63, 3.8) is 0 Å². The van der Waals surface area contributed by atoms with E-state index < -0.39 is 0 Å². The van der Waals surface area contributed by atoms with Gasteiger partial charge in [0.05, 0.1) is 6.26 Å². The van der Waals surface area contributed by atoms with Gasteiger partial charge in [-0.1, -0.05) is 115 Å². The predicted molar refractivity (Wildman–Crippen MR) is 175 cm³/mol. The maximum absolute atomic E-state index is 6.46. The quantitative estimate of drug-likeness (QED) is 0.210.